The molecule has 2 aromatic heterocycles. The van der Waals surface area contributed by atoms with E-state index in [4.69, 9.17) is 0 Å². The molecule has 0 spiro atoms. The molecule has 1 unspecified atom stereocenters. The van der Waals surface area contributed by atoms with Gasteiger partial charge in [0.2, 0.25) is 0 Å². The lowest BCUT2D eigenvalue weighted by Gasteiger charge is -2.51. The van der Waals surface area contributed by atoms with Crippen molar-refractivity contribution in [3.05, 3.63) is 26.0 Å². The van der Waals surface area contributed by atoms with E-state index in [1.807, 2.05) is 20.8 Å². The first kappa shape index (κ1) is 18.5. The lowest BCUT2D eigenvalue weighted by atomic mass is 9.95. The number of carbonyl (C=O) groups excluding carboxylic acids is 1. The molecule has 1 aliphatic rings. The number of carboxylic acid groups (broad SMARTS) is 1. The molecule has 6 nitrogen and oxygen atoms in total. The maximum atomic E-state index is 12.5. The van der Waals surface area contributed by atoms with Crippen LogP contribution in [0.15, 0.2) is 14.6 Å². The molecule has 136 valence electrons. The minimum atomic E-state index is -1.10. The number of H-pyrrole nitrogens is 1. The smallest absolute Gasteiger partial charge is 0.269 e. The molecule has 0 radical (unpaired) electrons. The highest BCUT2D eigenvalue weighted by Gasteiger charge is 2.51. The Morgan fingerprint density at radius 1 is 1.40 bits per heavy atom. The first-order valence-corrected chi connectivity index (χ1v) is 10.1. The van der Waals surface area contributed by atoms with E-state index < -0.39 is 17.7 Å². The number of fused-ring (bicyclic) bond motifs is 1. The summed E-state index contributed by atoms with van der Waals surface area (Å²) in [5, 5.41) is 12.3. The van der Waals surface area contributed by atoms with Gasteiger partial charge in [-0.2, -0.15) is 0 Å². The maximum absolute atomic E-state index is 12.5. The lowest BCUT2D eigenvalue weighted by molar-refractivity contribution is -0.947. The highest BCUT2D eigenvalue weighted by Crippen LogP contribution is 2.42. The van der Waals surface area contributed by atoms with Gasteiger partial charge in [0.25, 0.3) is 11.7 Å². The predicted molar refractivity (Wildman–Crippen MR) is 99.4 cm³/mol. The van der Waals surface area contributed by atoms with Gasteiger partial charge < -0.3 is 14.9 Å². The zero-order valence-electron chi connectivity index (χ0n) is 14.6. The van der Waals surface area contributed by atoms with Crippen molar-refractivity contribution in [2.75, 3.05) is 6.54 Å². The Balaban J connectivity index is 2.23. The number of likely N-dealkylation sites (tertiary alicyclic amines) is 1. The first-order valence-electron chi connectivity index (χ1n) is 8.45. The van der Waals surface area contributed by atoms with Crippen molar-refractivity contribution in [2.24, 2.45) is 0 Å². The SMILES string of the molecule is CC(C)(C)[N+]1(C(=O)[O-])CCCCC[C@H]1c1nc2cc(Br)sc2c(=O)[nH]1. The van der Waals surface area contributed by atoms with E-state index in [2.05, 4.69) is 25.9 Å². The fourth-order valence-electron chi connectivity index (χ4n) is 3.98. The summed E-state index contributed by atoms with van der Waals surface area (Å²) in [6.45, 7) is 6.22. The number of nitrogens with one attached hydrogen (secondary N) is 1. The highest BCUT2D eigenvalue weighted by molar-refractivity contribution is 9.11. The molecule has 1 fully saturated rings. The molecule has 2 aromatic rings. The van der Waals surface area contributed by atoms with Crippen LogP contribution in [0, 0.1) is 0 Å². The van der Waals surface area contributed by atoms with Gasteiger partial charge in [-0.05, 0) is 62.0 Å². The molecule has 25 heavy (non-hydrogen) atoms. The number of aromatic amines is 1. The quantitative estimate of drug-likeness (QED) is 0.707. The molecule has 1 N–H and O–H groups in total. The van der Waals surface area contributed by atoms with Crippen molar-refractivity contribution in [2.45, 2.75) is 58.0 Å². The second-order valence-electron chi connectivity index (χ2n) is 7.61. The third kappa shape index (κ3) is 3.04. The Bertz CT molecular complexity index is 870. The molecule has 3 rings (SSSR count). The molecule has 8 heteroatoms. The largest absolute Gasteiger partial charge is 0.498 e. The van der Waals surface area contributed by atoms with Crippen LogP contribution in [-0.4, -0.2) is 32.6 Å². The highest BCUT2D eigenvalue weighted by atomic mass is 79.9. The number of thiophene rings is 1. The van der Waals surface area contributed by atoms with E-state index in [1.54, 1.807) is 6.07 Å². The number of amides is 1. The number of hydrogen-bond acceptors (Lipinski definition) is 5. The van der Waals surface area contributed by atoms with Crippen LogP contribution in [-0.2, 0) is 0 Å². The molecule has 0 saturated carbocycles. The molecular weight excluding hydrogens is 406 g/mol. The Morgan fingerprint density at radius 3 is 2.76 bits per heavy atom. The van der Waals surface area contributed by atoms with E-state index in [9.17, 15) is 14.7 Å². The zero-order chi connectivity index (χ0) is 18.4. The number of rotatable bonds is 1. The molecule has 1 saturated heterocycles. The Morgan fingerprint density at radius 2 is 2.12 bits per heavy atom. The van der Waals surface area contributed by atoms with Crippen LogP contribution in [0.25, 0.3) is 10.2 Å². The third-order valence-corrected chi connectivity index (χ3v) is 6.86. The second kappa shape index (κ2) is 6.48. The number of quaternary nitrogens is 1. The van der Waals surface area contributed by atoms with Gasteiger partial charge in [-0.25, -0.2) is 4.98 Å². The van der Waals surface area contributed by atoms with Crippen LogP contribution in [0.2, 0.25) is 0 Å². The van der Waals surface area contributed by atoms with Gasteiger partial charge in [0.15, 0.2) is 11.9 Å². The molecule has 1 aliphatic heterocycles. The normalized spacial score (nSPS) is 25.0. The average Bonchev–Trinajstić information content (AvgIpc) is 2.74. The summed E-state index contributed by atoms with van der Waals surface area (Å²) >= 11 is 4.71. The van der Waals surface area contributed by atoms with E-state index >= 15 is 0 Å². The van der Waals surface area contributed by atoms with Crippen molar-refractivity contribution in [3.8, 4) is 0 Å². The van der Waals surface area contributed by atoms with E-state index in [1.165, 1.54) is 11.3 Å². The number of carbonyl (C=O) groups is 1. The molecule has 3 heterocycles. The summed E-state index contributed by atoms with van der Waals surface area (Å²) in [5.74, 6) is 0.448. The minimum absolute atomic E-state index is 0.216. The predicted octanol–water partition coefficient (Wildman–Crippen LogP) is 3.32. The minimum Gasteiger partial charge on any atom is -0.498 e. The Kier molecular flexibility index (Phi) is 4.81. The van der Waals surface area contributed by atoms with Gasteiger partial charge in [-0.1, -0.05) is 0 Å². The average molecular weight is 428 g/mol. The van der Waals surface area contributed by atoms with E-state index in [-0.39, 0.29) is 10.0 Å². The van der Waals surface area contributed by atoms with E-state index in [0.717, 1.165) is 23.0 Å². The van der Waals surface area contributed by atoms with Gasteiger partial charge in [-0.3, -0.25) is 9.28 Å². The monoisotopic (exact) mass is 427 g/mol. The van der Waals surface area contributed by atoms with E-state index in [0.29, 0.717) is 29.0 Å². The second-order valence-corrected chi connectivity index (χ2v) is 10.0. The van der Waals surface area contributed by atoms with Crippen molar-refractivity contribution in [1.29, 1.82) is 0 Å². The van der Waals surface area contributed by atoms with Crippen LogP contribution in [0.1, 0.15) is 58.3 Å². The van der Waals surface area contributed by atoms with Crippen molar-refractivity contribution < 1.29 is 14.4 Å². The summed E-state index contributed by atoms with van der Waals surface area (Å²) in [4.78, 5) is 32.3. The van der Waals surface area contributed by atoms with Crippen LogP contribution >= 0.6 is 27.3 Å². The van der Waals surface area contributed by atoms with Gasteiger partial charge >= 0.3 is 0 Å². The van der Waals surface area contributed by atoms with Crippen molar-refractivity contribution >= 4 is 43.6 Å². The molecular formula is C17H22BrN3O3S. The summed E-state index contributed by atoms with van der Waals surface area (Å²) < 4.78 is 1.16. The Labute approximate surface area is 158 Å². The summed E-state index contributed by atoms with van der Waals surface area (Å²) in [5.41, 5.74) is -0.188. The Hall–Kier alpha value is -1.25. The maximum Gasteiger partial charge on any atom is 0.269 e. The van der Waals surface area contributed by atoms with Crippen molar-refractivity contribution in [3.63, 3.8) is 0 Å². The molecule has 2 atom stereocenters. The standard InChI is InChI=1S/C17H22BrN3O3S/c1-17(2,3)21(16(23)24)8-6-4-5-7-11(21)14-19-10-9-12(18)25-13(10)15(22)20-14/h9,11H,4-8H2,1-3H3,(H-,19,20,22,23,24)/t11-,21?/m0/s1. The van der Waals surface area contributed by atoms with Crippen LogP contribution < -0.4 is 10.7 Å². The fraction of sp³-hybridized carbons (Fsp3) is 0.588. The lowest BCUT2D eigenvalue weighted by Crippen LogP contribution is -2.69. The first-order chi connectivity index (χ1) is 11.7. The summed E-state index contributed by atoms with van der Waals surface area (Å²) in [6, 6.07) is 1.38. The van der Waals surface area contributed by atoms with Gasteiger partial charge in [0.1, 0.15) is 4.70 Å². The zero-order valence-corrected chi connectivity index (χ0v) is 17.0. The number of halogens is 1. The molecule has 0 aliphatic carbocycles. The van der Waals surface area contributed by atoms with Gasteiger partial charge in [-0.15, -0.1) is 11.3 Å². The number of hydrogen-bond donors (Lipinski definition) is 1. The number of nitrogens with zero attached hydrogens (tertiary/aromatic N) is 2. The summed E-state index contributed by atoms with van der Waals surface area (Å²) in [6.07, 6.45) is 2.25. The van der Waals surface area contributed by atoms with Crippen LogP contribution in [0.4, 0.5) is 4.79 Å². The fourth-order valence-corrected chi connectivity index (χ4v) is 5.40. The topological polar surface area (TPSA) is 85.9 Å². The van der Waals surface area contributed by atoms with Gasteiger partial charge in [0.05, 0.1) is 21.4 Å². The van der Waals surface area contributed by atoms with Crippen molar-refractivity contribution in [1.82, 2.24) is 9.97 Å². The molecule has 0 bridgehead atoms. The van der Waals surface area contributed by atoms with Crippen LogP contribution in [0.3, 0.4) is 0 Å². The summed E-state index contributed by atoms with van der Waals surface area (Å²) in [7, 11) is 0. The molecule has 1 amide bonds. The van der Waals surface area contributed by atoms with Gasteiger partial charge in [0, 0.05) is 6.42 Å². The van der Waals surface area contributed by atoms with Crippen LogP contribution in [0.5, 0.6) is 0 Å². The molecule has 0 aromatic carbocycles. The third-order valence-electron chi connectivity index (χ3n) is 5.23. The number of aromatic nitrogens is 2.